The van der Waals surface area contributed by atoms with Gasteiger partial charge < -0.3 is 14.6 Å². The first-order valence-electron chi connectivity index (χ1n) is 8.44. The van der Waals surface area contributed by atoms with Crippen molar-refractivity contribution in [1.29, 1.82) is 0 Å². The Morgan fingerprint density at radius 1 is 1.32 bits per heavy atom. The highest BCUT2D eigenvalue weighted by molar-refractivity contribution is 9.10. The van der Waals surface area contributed by atoms with Crippen molar-refractivity contribution >= 4 is 27.7 Å². The number of carbonyl (C=O) groups excluding carboxylic acids is 2. The van der Waals surface area contributed by atoms with E-state index in [0.29, 0.717) is 24.9 Å². The van der Waals surface area contributed by atoms with Crippen LogP contribution in [0.25, 0.3) is 0 Å². The zero-order valence-corrected chi connectivity index (χ0v) is 15.7. The maximum absolute atomic E-state index is 12.7. The highest BCUT2D eigenvalue weighted by Crippen LogP contribution is 2.21. The number of rotatable bonds is 5. The van der Waals surface area contributed by atoms with E-state index in [1.165, 1.54) is 0 Å². The minimum atomic E-state index is -0.407. The van der Waals surface area contributed by atoms with E-state index in [2.05, 4.69) is 21.2 Å². The van der Waals surface area contributed by atoms with Crippen LogP contribution in [0.4, 0.5) is 0 Å². The van der Waals surface area contributed by atoms with E-state index < -0.39 is 6.04 Å². The van der Waals surface area contributed by atoms with E-state index in [4.69, 9.17) is 4.42 Å². The van der Waals surface area contributed by atoms with Crippen LogP contribution >= 0.6 is 15.9 Å². The van der Waals surface area contributed by atoms with Gasteiger partial charge >= 0.3 is 0 Å². The summed E-state index contributed by atoms with van der Waals surface area (Å²) in [5, 5.41) is 3.01. The third-order valence-electron chi connectivity index (χ3n) is 4.38. The van der Waals surface area contributed by atoms with Gasteiger partial charge in [0.05, 0.1) is 6.26 Å². The monoisotopic (exact) mass is 404 g/mol. The van der Waals surface area contributed by atoms with Crippen LogP contribution in [0.3, 0.4) is 0 Å². The fourth-order valence-electron chi connectivity index (χ4n) is 3.16. The fraction of sp³-hybridized carbons (Fsp3) is 0.368. The van der Waals surface area contributed by atoms with Gasteiger partial charge in [-0.15, -0.1) is 0 Å². The standard InChI is InChI=1S/C19H21BrN2O3/c1-13(12-16-4-3-11-25-16)21-18(23)17-5-2-10-22(17)19(24)14-6-8-15(20)9-7-14/h3-4,6-9,11,13,17H,2,5,10,12H2,1H3,(H,21,23). The molecule has 0 saturated carbocycles. The number of furan rings is 1. The summed E-state index contributed by atoms with van der Waals surface area (Å²) in [6, 6.07) is 10.5. The Kier molecular flexibility index (Phi) is 5.58. The number of hydrogen-bond acceptors (Lipinski definition) is 3. The average molecular weight is 405 g/mol. The molecule has 25 heavy (non-hydrogen) atoms. The lowest BCUT2D eigenvalue weighted by molar-refractivity contribution is -0.125. The summed E-state index contributed by atoms with van der Waals surface area (Å²) < 4.78 is 6.24. The molecule has 2 atom stereocenters. The predicted molar refractivity (Wildman–Crippen MR) is 98.2 cm³/mol. The molecular formula is C19H21BrN2O3. The molecule has 2 unspecified atom stereocenters. The number of carbonyl (C=O) groups is 2. The second kappa shape index (κ2) is 7.87. The number of benzene rings is 1. The summed E-state index contributed by atoms with van der Waals surface area (Å²) in [4.78, 5) is 27.1. The Morgan fingerprint density at radius 2 is 2.08 bits per heavy atom. The van der Waals surface area contributed by atoms with Gasteiger partial charge in [0.2, 0.25) is 5.91 Å². The molecule has 3 rings (SSSR count). The molecule has 1 aliphatic rings. The normalized spacial score (nSPS) is 18.2. The van der Waals surface area contributed by atoms with Crippen LogP contribution in [0, 0.1) is 0 Å². The topological polar surface area (TPSA) is 62.6 Å². The van der Waals surface area contributed by atoms with Crippen LogP contribution in [0.5, 0.6) is 0 Å². The summed E-state index contributed by atoms with van der Waals surface area (Å²) in [6.45, 7) is 2.55. The quantitative estimate of drug-likeness (QED) is 0.830. The van der Waals surface area contributed by atoms with Crippen molar-refractivity contribution in [2.24, 2.45) is 0 Å². The minimum absolute atomic E-state index is 0.0520. The molecule has 132 valence electrons. The van der Waals surface area contributed by atoms with Crippen LogP contribution in [0.15, 0.2) is 51.6 Å². The highest BCUT2D eigenvalue weighted by atomic mass is 79.9. The van der Waals surface area contributed by atoms with Crippen LogP contribution in [-0.4, -0.2) is 35.3 Å². The smallest absolute Gasteiger partial charge is 0.254 e. The number of nitrogens with one attached hydrogen (secondary N) is 1. The van der Waals surface area contributed by atoms with Crippen LogP contribution < -0.4 is 5.32 Å². The van der Waals surface area contributed by atoms with Gasteiger partial charge in [-0.1, -0.05) is 15.9 Å². The Bertz CT molecular complexity index is 728. The van der Waals surface area contributed by atoms with Gasteiger partial charge in [-0.25, -0.2) is 0 Å². The summed E-state index contributed by atoms with van der Waals surface area (Å²) in [5.74, 6) is 0.646. The Morgan fingerprint density at radius 3 is 2.76 bits per heavy atom. The maximum atomic E-state index is 12.7. The average Bonchev–Trinajstić information content (AvgIpc) is 3.26. The van der Waals surface area contributed by atoms with Crippen molar-refractivity contribution in [1.82, 2.24) is 10.2 Å². The minimum Gasteiger partial charge on any atom is -0.469 e. The lowest BCUT2D eigenvalue weighted by Gasteiger charge is -2.25. The number of halogens is 1. The summed E-state index contributed by atoms with van der Waals surface area (Å²) >= 11 is 3.37. The Balaban J connectivity index is 1.63. The molecular weight excluding hydrogens is 384 g/mol. The summed E-state index contributed by atoms with van der Waals surface area (Å²) in [5.41, 5.74) is 0.603. The molecule has 6 heteroatoms. The largest absolute Gasteiger partial charge is 0.469 e. The lowest BCUT2D eigenvalue weighted by Crippen LogP contribution is -2.48. The van der Waals surface area contributed by atoms with Gasteiger partial charge in [-0.3, -0.25) is 9.59 Å². The molecule has 1 fully saturated rings. The van der Waals surface area contributed by atoms with Crippen molar-refractivity contribution in [3.8, 4) is 0 Å². The molecule has 2 heterocycles. The SMILES string of the molecule is CC(Cc1ccco1)NC(=O)C1CCCN1C(=O)c1ccc(Br)cc1. The first kappa shape index (κ1) is 17.7. The third-order valence-corrected chi connectivity index (χ3v) is 4.91. The van der Waals surface area contributed by atoms with Gasteiger partial charge in [-0.2, -0.15) is 0 Å². The second-order valence-electron chi connectivity index (χ2n) is 6.36. The molecule has 2 aromatic rings. The fourth-order valence-corrected chi connectivity index (χ4v) is 3.43. The van der Waals surface area contributed by atoms with E-state index in [1.807, 2.05) is 31.2 Å². The van der Waals surface area contributed by atoms with Gasteiger partial charge in [-0.05, 0) is 56.2 Å². The van der Waals surface area contributed by atoms with Crippen LogP contribution in [0.2, 0.25) is 0 Å². The Hall–Kier alpha value is -2.08. The van der Waals surface area contributed by atoms with Gasteiger partial charge in [0.15, 0.2) is 0 Å². The molecule has 0 aliphatic carbocycles. The number of hydrogen-bond donors (Lipinski definition) is 1. The zero-order valence-electron chi connectivity index (χ0n) is 14.1. The number of likely N-dealkylation sites (tertiary alicyclic amines) is 1. The highest BCUT2D eigenvalue weighted by Gasteiger charge is 2.34. The molecule has 2 amide bonds. The summed E-state index contributed by atoms with van der Waals surface area (Å²) in [7, 11) is 0. The zero-order chi connectivity index (χ0) is 17.8. The van der Waals surface area contributed by atoms with Crippen LogP contribution in [-0.2, 0) is 11.2 Å². The molecule has 1 aromatic carbocycles. The Labute approximate surface area is 155 Å². The number of amides is 2. The lowest BCUT2D eigenvalue weighted by atomic mass is 10.1. The van der Waals surface area contributed by atoms with Gasteiger partial charge in [0, 0.05) is 29.0 Å². The predicted octanol–water partition coefficient (Wildman–Crippen LogP) is 3.39. The first-order chi connectivity index (χ1) is 12.0. The maximum Gasteiger partial charge on any atom is 0.254 e. The third kappa shape index (κ3) is 4.31. The molecule has 1 aliphatic heterocycles. The van der Waals surface area contributed by atoms with E-state index >= 15 is 0 Å². The van der Waals surface area contributed by atoms with Gasteiger partial charge in [0.25, 0.3) is 5.91 Å². The molecule has 1 aromatic heterocycles. The molecule has 0 radical (unpaired) electrons. The number of nitrogens with zero attached hydrogens (tertiary/aromatic N) is 1. The van der Waals surface area contributed by atoms with Crippen molar-refractivity contribution < 1.29 is 14.0 Å². The van der Waals surface area contributed by atoms with Gasteiger partial charge in [0.1, 0.15) is 11.8 Å². The molecule has 0 bridgehead atoms. The molecule has 5 nitrogen and oxygen atoms in total. The molecule has 0 spiro atoms. The van der Waals surface area contributed by atoms with Crippen LogP contribution in [0.1, 0.15) is 35.9 Å². The molecule has 1 N–H and O–H groups in total. The van der Waals surface area contributed by atoms with E-state index in [0.717, 1.165) is 16.7 Å². The van der Waals surface area contributed by atoms with Crippen molar-refractivity contribution in [3.05, 3.63) is 58.5 Å². The summed E-state index contributed by atoms with van der Waals surface area (Å²) in [6.07, 6.45) is 3.79. The van der Waals surface area contributed by atoms with Crippen molar-refractivity contribution in [2.75, 3.05) is 6.54 Å². The molecule has 1 saturated heterocycles. The van der Waals surface area contributed by atoms with E-state index in [1.54, 1.807) is 23.3 Å². The second-order valence-corrected chi connectivity index (χ2v) is 7.27. The first-order valence-corrected chi connectivity index (χ1v) is 9.23. The van der Waals surface area contributed by atoms with E-state index in [9.17, 15) is 9.59 Å². The van der Waals surface area contributed by atoms with Crippen molar-refractivity contribution in [2.45, 2.75) is 38.3 Å². The van der Waals surface area contributed by atoms with Crippen molar-refractivity contribution in [3.63, 3.8) is 0 Å². The van der Waals surface area contributed by atoms with E-state index in [-0.39, 0.29) is 17.9 Å².